The Hall–Kier alpha value is -1.62. The molecule has 1 aromatic rings. The SMILES string of the molecule is CCOCCCNC(=O)C(C)Oc1ccc(F)cc1. The van der Waals surface area contributed by atoms with Crippen LogP contribution in [0.4, 0.5) is 4.39 Å². The lowest BCUT2D eigenvalue weighted by Gasteiger charge is -2.14. The predicted octanol–water partition coefficient (Wildman–Crippen LogP) is 2.14. The van der Waals surface area contributed by atoms with Gasteiger partial charge in [-0.3, -0.25) is 4.79 Å². The zero-order chi connectivity index (χ0) is 14.1. The van der Waals surface area contributed by atoms with E-state index in [-0.39, 0.29) is 11.7 Å². The van der Waals surface area contributed by atoms with Crippen molar-refractivity contribution in [2.45, 2.75) is 26.4 Å². The molecule has 0 aliphatic heterocycles. The van der Waals surface area contributed by atoms with Crippen LogP contribution in [0, 0.1) is 5.82 Å². The molecule has 0 aliphatic carbocycles. The first-order valence-corrected chi connectivity index (χ1v) is 6.41. The van der Waals surface area contributed by atoms with Gasteiger partial charge in [-0.1, -0.05) is 0 Å². The smallest absolute Gasteiger partial charge is 0.260 e. The van der Waals surface area contributed by atoms with Crippen molar-refractivity contribution < 1.29 is 18.7 Å². The molecule has 0 saturated heterocycles. The second kappa shape index (κ2) is 8.48. The summed E-state index contributed by atoms with van der Waals surface area (Å²) in [6.45, 7) is 5.44. The molecule has 0 aliphatic rings. The van der Waals surface area contributed by atoms with Gasteiger partial charge in [-0.2, -0.15) is 0 Å². The molecule has 0 radical (unpaired) electrons. The molecule has 0 aromatic heterocycles. The molecule has 0 fully saturated rings. The van der Waals surface area contributed by atoms with Crippen LogP contribution >= 0.6 is 0 Å². The van der Waals surface area contributed by atoms with E-state index in [1.54, 1.807) is 6.92 Å². The van der Waals surface area contributed by atoms with Crippen LogP contribution < -0.4 is 10.1 Å². The maximum Gasteiger partial charge on any atom is 0.260 e. The van der Waals surface area contributed by atoms with Crippen LogP contribution in [0.15, 0.2) is 24.3 Å². The summed E-state index contributed by atoms with van der Waals surface area (Å²) in [5.41, 5.74) is 0. The van der Waals surface area contributed by atoms with E-state index in [9.17, 15) is 9.18 Å². The average Bonchev–Trinajstić information content (AvgIpc) is 2.41. The zero-order valence-electron chi connectivity index (χ0n) is 11.3. The van der Waals surface area contributed by atoms with Crippen LogP contribution in [0.3, 0.4) is 0 Å². The highest BCUT2D eigenvalue weighted by Gasteiger charge is 2.13. The molecule has 0 spiro atoms. The fourth-order valence-corrected chi connectivity index (χ4v) is 1.44. The molecular weight excluding hydrogens is 249 g/mol. The molecule has 1 rings (SSSR count). The van der Waals surface area contributed by atoms with Crippen molar-refractivity contribution in [3.8, 4) is 5.75 Å². The third-order valence-electron chi connectivity index (χ3n) is 2.46. The van der Waals surface area contributed by atoms with Gasteiger partial charge in [0.15, 0.2) is 6.10 Å². The summed E-state index contributed by atoms with van der Waals surface area (Å²) in [4.78, 5) is 11.7. The summed E-state index contributed by atoms with van der Waals surface area (Å²) in [6.07, 6.45) is 0.153. The van der Waals surface area contributed by atoms with Gasteiger partial charge in [-0.25, -0.2) is 4.39 Å². The fraction of sp³-hybridized carbons (Fsp3) is 0.500. The van der Waals surface area contributed by atoms with Crippen LogP contribution in [-0.4, -0.2) is 31.8 Å². The third-order valence-corrected chi connectivity index (χ3v) is 2.46. The molecule has 1 amide bonds. The molecular formula is C14H20FNO3. The maximum atomic E-state index is 12.7. The van der Waals surface area contributed by atoms with E-state index in [0.29, 0.717) is 25.5 Å². The van der Waals surface area contributed by atoms with Crippen molar-refractivity contribution in [3.63, 3.8) is 0 Å². The first kappa shape index (κ1) is 15.4. The Balaban J connectivity index is 2.26. The number of carbonyl (C=O) groups is 1. The lowest BCUT2D eigenvalue weighted by atomic mass is 10.3. The second-order valence-electron chi connectivity index (χ2n) is 4.06. The van der Waals surface area contributed by atoms with E-state index in [0.717, 1.165) is 6.42 Å². The monoisotopic (exact) mass is 269 g/mol. The average molecular weight is 269 g/mol. The van der Waals surface area contributed by atoms with Gasteiger partial charge in [0.05, 0.1) is 0 Å². The molecule has 1 atom stereocenters. The Morgan fingerprint density at radius 1 is 1.37 bits per heavy atom. The van der Waals surface area contributed by atoms with Gasteiger partial charge in [0, 0.05) is 19.8 Å². The normalized spacial score (nSPS) is 11.9. The number of hydrogen-bond donors (Lipinski definition) is 1. The van der Waals surface area contributed by atoms with Crippen molar-refractivity contribution in [3.05, 3.63) is 30.1 Å². The number of nitrogens with one attached hydrogen (secondary N) is 1. The summed E-state index contributed by atoms with van der Waals surface area (Å²) >= 11 is 0. The minimum atomic E-state index is -0.613. The van der Waals surface area contributed by atoms with Gasteiger partial charge in [0.2, 0.25) is 0 Å². The fourth-order valence-electron chi connectivity index (χ4n) is 1.44. The van der Waals surface area contributed by atoms with Crippen molar-refractivity contribution >= 4 is 5.91 Å². The van der Waals surface area contributed by atoms with Gasteiger partial charge in [0.25, 0.3) is 5.91 Å². The van der Waals surface area contributed by atoms with Crippen molar-refractivity contribution in [1.82, 2.24) is 5.32 Å². The Morgan fingerprint density at radius 2 is 2.05 bits per heavy atom. The highest BCUT2D eigenvalue weighted by atomic mass is 19.1. The predicted molar refractivity (Wildman–Crippen MR) is 70.6 cm³/mol. The summed E-state index contributed by atoms with van der Waals surface area (Å²) in [5.74, 6) is -0.0560. The van der Waals surface area contributed by atoms with Crippen LogP contribution in [0.1, 0.15) is 20.3 Å². The van der Waals surface area contributed by atoms with Crippen molar-refractivity contribution in [2.75, 3.05) is 19.8 Å². The van der Waals surface area contributed by atoms with E-state index in [2.05, 4.69) is 5.32 Å². The molecule has 1 N–H and O–H groups in total. The largest absolute Gasteiger partial charge is 0.481 e. The molecule has 0 bridgehead atoms. The minimum absolute atomic E-state index is 0.194. The van der Waals surface area contributed by atoms with Gasteiger partial charge in [-0.15, -0.1) is 0 Å². The van der Waals surface area contributed by atoms with Crippen LogP contribution in [0.25, 0.3) is 0 Å². The summed E-state index contributed by atoms with van der Waals surface area (Å²) in [7, 11) is 0. The molecule has 4 nitrogen and oxygen atoms in total. The van der Waals surface area contributed by atoms with Crippen LogP contribution in [-0.2, 0) is 9.53 Å². The first-order chi connectivity index (χ1) is 9.13. The third kappa shape index (κ3) is 6.20. The highest BCUT2D eigenvalue weighted by molar-refractivity contribution is 5.80. The summed E-state index contributed by atoms with van der Waals surface area (Å²) < 4.78 is 23.3. The molecule has 106 valence electrons. The summed E-state index contributed by atoms with van der Waals surface area (Å²) in [5, 5.41) is 2.75. The first-order valence-electron chi connectivity index (χ1n) is 6.41. The maximum absolute atomic E-state index is 12.7. The minimum Gasteiger partial charge on any atom is -0.481 e. The van der Waals surface area contributed by atoms with E-state index in [4.69, 9.17) is 9.47 Å². The Bertz CT molecular complexity index is 381. The number of rotatable bonds is 8. The molecule has 1 aromatic carbocycles. The standard InChI is InChI=1S/C14H20FNO3/c1-3-18-10-4-9-16-14(17)11(2)19-13-7-5-12(15)6-8-13/h5-8,11H,3-4,9-10H2,1-2H3,(H,16,17). The molecule has 0 saturated carbocycles. The molecule has 19 heavy (non-hydrogen) atoms. The van der Waals surface area contributed by atoms with E-state index >= 15 is 0 Å². The van der Waals surface area contributed by atoms with Gasteiger partial charge < -0.3 is 14.8 Å². The lowest BCUT2D eigenvalue weighted by Crippen LogP contribution is -2.37. The van der Waals surface area contributed by atoms with Crippen LogP contribution in [0.2, 0.25) is 0 Å². The van der Waals surface area contributed by atoms with Crippen molar-refractivity contribution in [2.24, 2.45) is 0 Å². The Morgan fingerprint density at radius 3 is 2.68 bits per heavy atom. The number of halogens is 1. The van der Waals surface area contributed by atoms with Gasteiger partial charge in [-0.05, 0) is 44.5 Å². The zero-order valence-corrected chi connectivity index (χ0v) is 11.3. The van der Waals surface area contributed by atoms with E-state index in [1.165, 1.54) is 24.3 Å². The molecule has 5 heteroatoms. The lowest BCUT2D eigenvalue weighted by molar-refractivity contribution is -0.127. The molecule has 0 heterocycles. The van der Waals surface area contributed by atoms with Gasteiger partial charge >= 0.3 is 0 Å². The number of hydrogen-bond acceptors (Lipinski definition) is 3. The molecule has 1 unspecified atom stereocenters. The van der Waals surface area contributed by atoms with Gasteiger partial charge in [0.1, 0.15) is 11.6 Å². The highest BCUT2D eigenvalue weighted by Crippen LogP contribution is 2.12. The van der Waals surface area contributed by atoms with E-state index < -0.39 is 6.10 Å². The van der Waals surface area contributed by atoms with Crippen LogP contribution in [0.5, 0.6) is 5.75 Å². The summed E-state index contributed by atoms with van der Waals surface area (Å²) in [6, 6.07) is 5.58. The topological polar surface area (TPSA) is 47.6 Å². The Kier molecular flexibility index (Phi) is 6.89. The quantitative estimate of drug-likeness (QED) is 0.735. The Labute approximate surface area is 112 Å². The number of carbonyl (C=O) groups excluding carboxylic acids is 1. The number of benzene rings is 1. The second-order valence-corrected chi connectivity index (χ2v) is 4.06. The van der Waals surface area contributed by atoms with Crippen molar-refractivity contribution in [1.29, 1.82) is 0 Å². The number of ether oxygens (including phenoxy) is 2. The van der Waals surface area contributed by atoms with E-state index in [1.807, 2.05) is 6.92 Å². The number of amides is 1.